The average Bonchev–Trinajstić information content (AvgIpc) is 2.01. The van der Waals surface area contributed by atoms with E-state index in [0.29, 0.717) is 0 Å². The molecule has 0 radical (unpaired) electrons. The molecule has 1 aromatic carbocycles. The maximum absolute atomic E-state index is 5.89. The zero-order chi connectivity index (χ0) is 10.8. The first kappa shape index (κ1) is 11.1. The van der Waals surface area contributed by atoms with Gasteiger partial charge in [-0.05, 0) is 50.3 Å². The third-order valence-corrected chi connectivity index (χ3v) is 2.74. The van der Waals surface area contributed by atoms with E-state index in [9.17, 15) is 0 Å². The lowest BCUT2D eigenvalue weighted by atomic mass is 10.2. The van der Waals surface area contributed by atoms with Gasteiger partial charge in [0.05, 0.1) is 0 Å². The lowest BCUT2D eigenvalue weighted by molar-refractivity contribution is 0.557. The Morgan fingerprint density at radius 2 is 1.86 bits per heavy atom. The van der Waals surface area contributed by atoms with Gasteiger partial charge in [0.1, 0.15) is 5.75 Å². The summed E-state index contributed by atoms with van der Waals surface area (Å²) in [6.07, 6.45) is 0. The van der Waals surface area contributed by atoms with Gasteiger partial charge in [-0.15, -0.1) is 0 Å². The fraction of sp³-hybridized carbons (Fsp3) is 0.455. The number of hydrogen-bond donors (Lipinski definition) is 1. The van der Waals surface area contributed by atoms with Gasteiger partial charge in [-0.2, -0.15) is 0 Å². The second-order valence-corrected chi connectivity index (χ2v) is 8.87. The minimum absolute atomic E-state index is 0.987. The summed E-state index contributed by atoms with van der Waals surface area (Å²) in [6, 6.07) is 6.17. The molecular formula is C11H19NOSi. The molecule has 0 aliphatic heterocycles. The highest BCUT2D eigenvalue weighted by molar-refractivity contribution is 6.70. The lowest BCUT2D eigenvalue weighted by Gasteiger charge is -2.20. The van der Waals surface area contributed by atoms with Crippen molar-refractivity contribution in [1.29, 1.82) is 0 Å². The fourth-order valence-corrected chi connectivity index (χ4v) is 2.17. The van der Waals surface area contributed by atoms with Crippen LogP contribution in [0, 0.1) is 6.92 Å². The average molecular weight is 209 g/mol. The first-order chi connectivity index (χ1) is 6.42. The standard InChI is InChI=1S/C11H19NOSi/c1-9-8-10(13-14(3,4)5)6-7-11(9)12-2/h6-8,12H,1-5H3. The van der Waals surface area contributed by atoms with Gasteiger partial charge in [0.2, 0.25) is 8.32 Å². The van der Waals surface area contributed by atoms with Crippen LogP contribution in [-0.2, 0) is 0 Å². The Morgan fingerprint density at radius 1 is 1.21 bits per heavy atom. The van der Waals surface area contributed by atoms with Crippen LogP contribution in [0.1, 0.15) is 5.56 Å². The molecule has 14 heavy (non-hydrogen) atoms. The summed E-state index contributed by atoms with van der Waals surface area (Å²) < 4.78 is 5.89. The van der Waals surface area contributed by atoms with Crippen LogP contribution in [0.15, 0.2) is 18.2 Å². The smallest absolute Gasteiger partial charge is 0.242 e. The van der Waals surface area contributed by atoms with Crippen LogP contribution < -0.4 is 9.74 Å². The van der Waals surface area contributed by atoms with Gasteiger partial charge in [0.15, 0.2) is 0 Å². The summed E-state index contributed by atoms with van der Waals surface area (Å²) in [5.74, 6) is 0.987. The summed E-state index contributed by atoms with van der Waals surface area (Å²) in [4.78, 5) is 0. The van der Waals surface area contributed by atoms with E-state index in [1.54, 1.807) is 0 Å². The van der Waals surface area contributed by atoms with E-state index in [4.69, 9.17) is 4.43 Å². The topological polar surface area (TPSA) is 21.3 Å². The predicted molar refractivity (Wildman–Crippen MR) is 64.7 cm³/mol. The molecule has 0 amide bonds. The third-order valence-electron chi connectivity index (χ3n) is 1.89. The first-order valence-corrected chi connectivity index (χ1v) is 8.30. The molecule has 0 spiro atoms. The largest absolute Gasteiger partial charge is 0.544 e. The monoisotopic (exact) mass is 209 g/mol. The predicted octanol–water partition coefficient (Wildman–Crippen LogP) is 3.25. The van der Waals surface area contributed by atoms with Crippen molar-refractivity contribution in [2.45, 2.75) is 26.6 Å². The second kappa shape index (κ2) is 4.05. The molecule has 0 fully saturated rings. The maximum atomic E-state index is 5.89. The Kier molecular flexibility index (Phi) is 3.21. The van der Waals surface area contributed by atoms with Crippen molar-refractivity contribution in [2.75, 3.05) is 12.4 Å². The number of rotatable bonds is 3. The highest BCUT2D eigenvalue weighted by atomic mass is 28.4. The Balaban J connectivity index is 2.87. The molecule has 0 aromatic heterocycles. The van der Waals surface area contributed by atoms with Gasteiger partial charge in [0, 0.05) is 12.7 Å². The molecule has 0 saturated heterocycles. The van der Waals surface area contributed by atoms with Crippen LogP contribution in [0.5, 0.6) is 5.75 Å². The summed E-state index contributed by atoms with van der Waals surface area (Å²) in [7, 11) is 0.463. The molecule has 3 heteroatoms. The van der Waals surface area contributed by atoms with Crippen molar-refractivity contribution in [3.05, 3.63) is 23.8 Å². The molecule has 0 saturated carbocycles. The molecule has 78 valence electrons. The molecule has 0 unspecified atom stereocenters. The molecule has 2 nitrogen and oxygen atoms in total. The normalized spacial score (nSPS) is 11.2. The van der Waals surface area contributed by atoms with Gasteiger partial charge in [-0.3, -0.25) is 0 Å². The number of nitrogens with one attached hydrogen (secondary N) is 1. The zero-order valence-electron chi connectivity index (χ0n) is 9.64. The minimum atomic E-state index is -1.47. The van der Waals surface area contributed by atoms with Crippen LogP contribution >= 0.6 is 0 Å². The SMILES string of the molecule is CNc1ccc(O[Si](C)(C)C)cc1C. The van der Waals surface area contributed by atoms with Crippen molar-refractivity contribution >= 4 is 14.0 Å². The Morgan fingerprint density at radius 3 is 2.29 bits per heavy atom. The van der Waals surface area contributed by atoms with E-state index >= 15 is 0 Å². The van der Waals surface area contributed by atoms with Crippen LogP contribution in [0.4, 0.5) is 5.69 Å². The number of aryl methyl sites for hydroxylation is 1. The molecule has 0 bridgehead atoms. The van der Waals surface area contributed by atoms with Crippen molar-refractivity contribution in [1.82, 2.24) is 0 Å². The van der Waals surface area contributed by atoms with Crippen LogP contribution in [0.25, 0.3) is 0 Å². The molecule has 1 aromatic rings. The highest BCUT2D eigenvalue weighted by Crippen LogP contribution is 2.22. The second-order valence-electron chi connectivity index (χ2n) is 4.44. The molecule has 0 atom stereocenters. The van der Waals surface area contributed by atoms with Crippen LogP contribution in [0.2, 0.25) is 19.6 Å². The van der Waals surface area contributed by atoms with E-state index in [2.05, 4.69) is 44.0 Å². The quantitative estimate of drug-likeness (QED) is 0.772. The van der Waals surface area contributed by atoms with E-state index in [-0.39, 0.29) is 0 Å². The van der Waals surface area contributed by atoms with E-state index < -0.39 is 8.32 Å². The molecule has 0 aliphatic rings. The van der Waals surface area contributed by atoms with Crippen LogP contribution in [0.3, 0.4) is 0 Å². The van der Waals surface area contributed by atoms with Crippen LogP contribution in [-0.4, -0.2) is 15.4 Å². The minimum Gasteiger partial charge on any atom is -0.544 e. The third kappa shape index (κ3) is 3.07. The summed E-state index contributed by atoms with van der Waals surface area (Å²) in [6.45, 7) is 8.65. The Hall–Kier alpha value is -0.963. The Labute approximate surface area is 87.4 Å². The molecular weight excluding hydrogens is 190 g/mol. The summed E-state index contributed by atoms with van der Waals surface area (Å²) in [5.41, 5.74) is 2.39. The number of benzene rings is 1. The molecule has 1 rings (SSSR count). The summed E-state index contributed by atoms with van der Waals surface area (Å²) in [5, 5.41) is 3.14. The van der Waals surface area contributed by atoms with Gasteiger partial charge < -0.3 is 9.74 Å². The first-order valence-electron chi connectivity index (χ1n) is 4.90. The maximum Gasteiger partial charge on any atom is 0.242 e. The highest BCUT2D eigenvalue weighted by Gasteiger charge is 2.16. The molecule has 1 N–H and O–H groups in total. The van der Waals surface area contributed by atoms with E-state index in [1.165, 1.54) is 5.56 Å². The van der Waals surface area contributed by atoms with Crippen molar-refractivity contribution < 1.29 is 4.43 Å². The van der Waals surface area contributed by atoms with Crippen molar-refractivity contribution in [3.8, 4) is 5.75 Å². The van der Waals surface area contributed by atoms with Gasteiger partial charge in [-0.1, -0.05) is 0 Å². The van der Waals surface area contributed by atoms with Crippen molar-refractivity contribution in [3.63, 3.8) is 0 Å². The summed E-state index contributed by atoms with van der Waals surface area (Å²) >= 11 is 0. The van der Waals surface area contributed by atoms with Gasteiger partial charge in [-0.25, -0.2) is 0 Å². The molecule has 0 aliphatic carbocycles. The zero-order valence-corrected chi connectivity index (χ0v) is 10.6. The number of hydrogen-bond acceptors (Lipinski definition) is 2. The van der Waals surface area contributed by atoms with Gasteiger partial charge >= 0.3 is 0 Å². The molecule has 0 heterocycles. The van der Waals surface area contributed by atoms with E-state index in [1.807, 2.05) is 13.1 Å². The number of anilines is 1. The lowest BCUT2D eigenvalue weighted by Crippen LogP contribution is -2.29. The van der Waals surface area contributed by atoms with Crippen molar-refractivity contribution in [2.24, 2.45) is 0 Å². The Bertz CT molecular complexity index is 318. The van der Waals surface area contributed by atoms with Gasteiger partial charge in [0.25, 0.3) is 0 Å². The fourth-order valence-electron chi connectivity index (χ4n) is 1.33. The van der Waals surface area contributed by atoms with E-state index in [0.717, 1.165) is 11.4 Å².